The summed E-state index contributed by atoms with van der Waals surface area (Å²) in [6, 6.07) is 8.96. The number of anilines is 1. The summed E-state index contributed by atoms with van der Waals surface area (Å²) >= 11 is 0. The number of methoxy groups -OCH3 is 1. The Bertz CT molecular complexity index is 1000. The van der Waals surface area contributed by atoms with Crippen molar-refractivity contribution >= 4 is 23.3 Å². The molecule has 3 rings (SSSR count). The standard InChI is InChI=1S/C22H24FN3O5/c1-14(27)15-3-6-19(18(23)11-15)25-7-9-26(10-8-25)21(28)13-31-20-12-16(30-2)4-5-17(20)22(24)29/h3-6,11-12H,7-10,13H2,1-2H3,(H2,24,29). The molecule has 0 saturated carbocycles. The van der Waals surface area contributed by atoms with Crippen LogP contribution in [0.1, 0.15) is 27.6 Å². The number of hydrogen-bond donors (Lipinski definition) is 1. The third kappa shape index (κ3) is 5.11. The summed E-state index contributed by atoms with van der Waals surface area (Å²) in [5.41, 5.74) is 6.23. The first-order valence-electron chi connectivity index (χ1n) is 9.74. The Balaban J connectivity index is 1.59. The molecule has 2 amide bonds. The number of Topliss-reactive ketones (excluding diaryl/α,β-unsaturated/α-hetero) is 1. The van der Waals surface area contributed by atoms with Gasteiger partial charge in [-0.05, 0) is 37.3 Å². The normalized spacial score (nSPS) is 13.6. The Hall–Kier alpha value is -3.62. The summed E-state index contributed by atoms with van der Waals surface area (Å²) in [6.07, 6.45) is 0. The zero-order chi connectivity index (χ0) is 22.5. The lowest BCUT2D eigenvalue weighted by atomic mass is 10.1. The van der Waals surface area contributed by atoms with Gasteiger partial charge in [0.2, 0.25) is 0 Å². The van der Waals surface area contributed by atoms with E-state index in [0.29, 0.717) is 43.2 Å². The molecule has 0 radical (unpaired) electrons. The number of ether oxygens (including phenoxy) is 2. The van der Waals surface area contributed by atoms with E-state index < -0.39 is 11.7 Å². The first-order valence-corrected chi connectivity index (χ1v) is 9.74. The second-order valence-electron chi connectivity index (χ2n) is 7.11. The Morgan fingerprint density at radius 1 is 1.06 bits per heavy atom. The Kier molecular flexibility index (Phi) is 6.74. The molecule has 9 heteroatoms. The number of halogens is 1. The lowest BCUT2D eigenvalue weighted by Crippen LogP contribution is -2.50. The van der Waals surface area contributed by atoms with Crippen LogP contribution in [0, 0.1) is 5.82 Å². The zero-order valence-corrected chi connectivity index (χ0v) is 17.4. The largest absolute Gasteiger partial charge is 0.497 e. The van der Waals surface area contributed by atoms with E-state index in [4.69, 9.17) is 15.2 Å². The van der Waals surface area contributed by atoms with E-state index in [1.807, 2.05) is 4.90 Å². The van der Waals surface area contributed by atoms with Crippen molar-refractivity contribution in [1.29, 1.82) is 0 Å². The molecule has 31 heavy (non-hydrogen) atoms. The number of rotatable bonds is 7. The Morgan fingerprint density at radius 3 is 2.35 bits per heavy atom. The van der Waals surface area contributed by atoms with Crippen LogP contribution in [0.4, 0.5) is 10.1 Å². The van der Waals surface area contributed by atoms with Crippen molar-refractivity contribution in [3.8, 4) is 11.5 Å². The molecule has 8 nitrogen and oxygen atoms in total. The topological polar surface area (TPSA) is 102 Å². The number of ketones is 1. The molecule has 0 aromatic heterocycles. The second kappa shape index (κ2) is 9.46. The number of amides is 2. The molecule has 1 aliphatic heterocycles. The number of nitrogens with zero attached hydrogens (tertiary/aromatic N) is 2. The van der Waals surface area contributed by atoms with E-state index in [1.54, 1.807) is 23.1 Å². The van der Waals surface area contributed by atoms with Gasteiger partial charge in [0.25, 0.3) is 11.8 Å². The minimum Gasteiger partial charge on any atom is -0.497 e. The van der Waals surface area contributed by atoms with E-state index in [0.717, 1.165) is 0 Å². The number of carbonyl (C=O) groups is 3. The van der Waals surface area contributed by atoms with Crippen molar-refractivity contribution in [1.82, 2.24) is 4.90 Å². The highest BCUT2D eigenvalue weighted by Crippen LogP contribution is 2.25. The van der Waals surface area contributed by atoms with Gasteiger partial charge in [-0.1, -0.05) is 0 Å². The fraction of sp³-hybridized carbons (Fsp3) is 0.318. The highest BCUT2D eigenvalue weighted by molar-refractivity contribution is 5.96. The highest BCUT2D eigenvalue weighted by Gasteiger charge is 2.24. The van der Waals surface area contributed by atoms with Crippen LogP contribution in [-0.4, -0.2) is 62.4 Å². The molecule has 1 saturated heterocycles. The second-order valence-corrected chi connectivity index (χ2v) is 7.11. The first-order chi connectivity index (χ1) is 14.8. The number of nitrogens with two attached hydrogens (primary N) is 1. The maximum absolute atomic E-state index is 14.4. The molecule has 2 aromatic rings. The summed E-state index contributed by atoms with van der Waals surface area (Å²) in [5.74, 6) is -0.948. The number of benzene rings is 2. The van der Waals surface area contributed by atoms with Crippen molar-refractivity contribution in [3.63, 3.8) is 0 Å². The number of primary amides is 1. The fourth-order valence-electron chi connectivity index (χ4n) is 3.36. The van der Waals surface area contributed by atoms with E-state index in [1.165, 1.54) is 32.2 Å². The third-order valence-electron chi connectivity index (χ3n) is 5.13. The predicted molar refractivity (Wildman–Crippen MR) is 112 cm³/mol. The van der Waals surface area contributed by atoms with Crippen molar-refractivity contribution in [2.24, 2.45) is 5.73 Å². The minimum absolute atomic E-state index is 0.155. The fourth-order valence-corrected chi connectivity index (χ4v) is 3.36. The third-order valence-corrected chi connectivity index (χ3v) is 5.13. The molecule has 0 spiro atoms. The lowest BCUT2D eigenvalue weighted by Gasteiger charge is -2.36. The zero-order valence-electron chi connectivity index (χ0n) is 17.4. The summed E-state index contributed by atoms with van der Waals surface area (Å²) in [4.78, 5) is 39.0. The smallest absolute Gasteiger partial charge is 0.260 e. The van der Waals surface area contributed by atoms with Crippen molar-refractivity contribution < 1.29 is 28.2 Å². The molecule has 0 unspecified atom stereocenters. The van der Waals surface area contributed by atoms with E-state index >= 15 is 0 Å². The van der Waals surface area contributed by atoms with Crippen molar-refractivity contribution in [3.05, 3.63) is 53.3 Å². The van der Waals surface area contributed by atoms with Gasteiger partial charge in [-0.2, -0.15) is 0 Å². The van der Waals surface area contributed by atoms with Gasteiger partial charge in [-0.15, -0.1) is 0 Å². The number of piperazine rings is 1. The van der Waals surface area contributed by atoms with Crippen molar-refractivity contribution in [2.45, 2.75) is 6.92 Å². The average Bonchev–Trinajstić information content (AvgIpc) is 2.77. The quantitative estimate of drug-likeness (QED) is 0.674. The lowest BCUT2D eigenvalue weighted by molar-refractivity contribution is -0.133. The van der Waals surface area contributed by atoms with Gasteiger partial charge < -0.3 is 25.0 Å². The van der Waals surface area contributed by atoms with Crippen molar-refractivity contribution in [2.75, 3.05) is 44.8 Å². The van der Waals surface area contributed by atoms with Gasteiger partial charge in [-0.25, -0.2) is 4.39 Å². The molecule has 2 N–H and O–H groups in total. The Morgan fingerprint density at radius 2 is 1.77 bits per heavy atom. The molecule has 1 aliphatic rings. The maximum Gasteiger partial charge on any atom is 0.260 e. The maximum atomic E-state index is 14.4. The molecule has 1 fully saturated rings. The molecule has 0 atom stereocenters. The number of carbonyl (C=O) groups excluding carboxylic acids is 3. The van der Waals surface area contributed by atoms with Gasteiger partial charge >= 0.3 is 0 Å². The van der Waals surface area contributed by atoms with Crippen LogP contribution < -0.4 is 20.1 Å². The first kappa shape index (κ1) is 22.1. The van der Waals surface area contributed by atoms with Gasteiger partial charge in [0.05, 0.1) is 18.4 Å². The van der Waals surface area contributed by atoms with Gasteiger partial charge in [0.1, 0.15) is 17.3 Å². The summed E-state index contributed by atoms with van der Waals surface area (Å²) in [6.45, 7) is 2.77. The van der Waals surface area contributed by atoms with Crippen LogP contribution in [0.2, 0.25) is 0 Å². The molecule has 164 valence electrons. The minimum atomic E-state index is -0.670. The molecule has 1 heterocycles. The Labute approximate surface area is 179 Å². The predicted octanol–water partition coefficient (Wildman–Crippen LogP) is 1.86. The summed E-state index contributed by atoms with van der Waals surface area (Å²) in [5, 5.41) is 0. The molecular weight excluding hydrogens is 405 g/mol. The molecule has 0 bridgehead atoms. The van der Waals surface area contributed by atoms with Crippen LogP contribution in [-0.2, 0) is 4.79 Å². The van der Waals surface area contributed by atoms with Gasteiger partial charge in [-0.3, -0.25) is 14.4 Å². The molecule has 2 aromatic carbocycles. The van der Waals surface area contributed by atoms with Crippen LogP contribution in [0.15, 0.2) is 36.4 Å². The van der Waals surface area contributed by atoms with E-state index in [-0.39, 0.29) is 29.6 Å². The summed E-state index contributed by atoms with van der Waals surface area (Å²) in [7, 11) is 1.48. The molecule has 0 aliphatic carbocycles. The van der Waals surface area contributed by atoms with Crippen LogP contribution in [0.5, 0.6) is 11.5 Å². The molecular formula is C22H24FN3O5. The monoisotopic (exact) mass is 429 g/mol. The van der Waals surface area contributed by atoms with Gasteiger partial charge in [0, 0.05) is 37.8 Å². The van der Waals surface area contributed by atoms with Crippen LogP contribution in [0.25, 0.3) is 0 Å². The highest BCUT2D eigenvalue weighted by atomic mass is 19.1. The number of hydrogen-bond acceptors (Lipinski definition) is 6. The van der Waals surface area contributed by atoms with Gasteiger partial charge in [0.15, 0.2) is 12.4 Å². The average molecular weight is 429 g/mol. The SMILES string of the molecule is COc1ccc(C(N)=O)c(OCC(=O)N2CCN(c3ccc(C(C)=O)cc3F)CC2)c1. The summed E-state index contributed by atoms with van der Waals surface area (Å²) < 4.78 is 25.0. The van der Waals surface area contributed by atoms with E-state index in [2.05, 4.69) is 0 Å². The van der Waals surface area contributed by atoms with E-state index in [9.17, 15) is 18.8 Å². The van der Waals surface area contributed by atoms with Crippen LogP contribution >= 0.6 is 0 Å². The van der Waals surface area contributed by atoms with Crippen LogP contribution in [0.3, 0.4) is 0 Å².